The third kappa shape index (κ3) is 3.03. The third-order valence-corrected chi connectivity index (χ3v) is 6.68. The molecule has 2 aliphatic carbocycles. The maximum absolute atomic E-state index is 12.4. The number of piperidine rings is 1. The number of rotatable bonds is 2. The summed E-state index contributed by atoms with van der Waals surface area (Å²) in [5.41, 5.74) is 3.46. The first-order chi connectivity index (χ1) is 12.2. The average Bonchev–Trinajstić information content (AvgIpc) is 2.82. The van der Waals surface area contributed by atoms with E-state index in [2.05, 4.69) is 40.6 Å². The van der Waals surface area contributed by atoms with E-state index in [1.165, 1.54) is 44.1 Å². The molecule has 136 valence electrons. The molecule has 25 heavy (non-hydrogen) atoms. The summed E-state index contributed by atoms with van der Waals surface area (Å²) in [6.45, 7) is 2.33. The van der Waals surface area contributed by atoms with E-state index in [1.54, 1.807) is 7.05 Å². The van der Waals surface area contributed by atoms with Crippen LogP contribution < -0.4 is 5.32 Å². The fourth-order valence-electron chi connectivity index (χ4n) is 5.23. The first-order valence-electron chi connectivity index (χ1n) is 10.0. The van der Waals surface area contributed by atoms with Crippen molar-refractivity contribution in [2.75, 3.05) is 20.1 Å². The molecule has 1 heterocycles. The van der Waals surface area contributed by atoms with E-state index in [-0.39, 0.29) is 12.7 Å². The highest BCUT2D eigenvalue weighted by molar-refractivity contribution is 6.21. The lowest BCUT2D eigenvalue weighted by Gasteiger charge is -2.42. The first kappa shape index (κ1) is 16.8. The van der Waals surface area contributed by atoms with E-state index in [4.69, 9.17) is 0 Å². The smallest absolute Gasteiger partial charge is 0.251 e. The molecule has 4 rings (SSSR count). The molecule has 0 aromatic heterocycles. The van der Waals surface area contributed by atoms with E-state index in [1.807, 2.05) is 0 Å². The Hall–Kier alpha value is -1.61. The Morgan fingerprint density at radius 3 is 2.48 bits per heavy atom. The molecule has 1 saturated heterocycles. The lowest BCUT2D eigenvalue weighted by atomic mass is 9.74. The zero-order valence-electron chi connectivity index (χ0n) is 15.4. The fraction of sp³-hybridized carbons (Fsp3) is 0.591. The van der Waals surface area contributed by atoms with Crippen LogP contribution in [0.25, 0.3) is 5.57 Å². The summed E-state index contributed by atoms with van der Waals surface area (Å²) in [6.07, 6.45) is 12.9. The van der Waals surface area contributed by atoms with Crippen LogP contribution in [0.4, 0.5) is 0 Å². The fourth-order valence-corrected chi connectivity index (χ4v) is 5.23. The highest BCUT2D eigenvalue weighted by Gasteiger charge is 2.42. The molecule has 2 fully saturated rings. The normalized spacial score (nSPS) is 23.8. The second-order valence-corrected chi connectivity index (χ2v) is 8.02. The molecule has 1 aliphatic heterocycles. The van der Waals surface area contributed by atoms with Gasteiger partial charge in [0.1, 0.15) is 0 Å². The SMILES string of the molecule is CNC(=O)C1=CC2(CCN(C3CCCCCC3)CC2)c2ccccc21.[HH]. The molecule has 3 nitrogen and oxygen atoms in total. The molecule has 1 saturated carbocycles. The summed E-state index contributed by atoms with van der Waals surface area (Å²) in [5, 5.41) is 2.82. The van der Waals surface area contributed by atoms with Crippen molar-refractivity contribution in [3.8, 4) is 0 Å². The van der Waals surface area contributed by atoms with Crippen molar-refractivity contribution in [1.82, 2.24) is 10.2 Å². The van der Waals surface area contributed by atoms with Crippen LogP contribution in [0.1, 0.15) is 63.9 Å². The van der Waals surface area contributed by atoms with Crippen molar-refractivity contribution < 1.29 is 6.22 Å². The monoisotopic (exact) mass is 340 g/mol. The molecule has 0 radical (unpaired) electrons. The molecule has 1 aromatic carbocycles. The van der Waals surface area contributed by atoms with Gasteiger partial charge in [0.05, 0.1) is 0 Å². The first-order valence-corrected chi connectivity index (χ1v) is 10.0. The van der Waals surface area contributed by atoms with E-state index >= 15 is 0 Å². The van der Waals surface area contributed by atoms with E-state index in [0.717, 1.165) is 43.1 Å². The van der Waals surface area contributed by atoms with Crippen LogP contribution in [0, 0.1) is 0 Å². The molecular formula is C22H32N2O. The van der Waals surface area contributed by atoms with Gasteiger partial charge in [-0.15, -0.1) is 0 Å². The van der Waals surface area contributed by atoms with E-state index in [0.29, 0.717) is 0 Å². The van der Waals surface area contributed by atoms with Crippen LogP contribution in [0.3, 0.4) is 0 Å². The molecule has 1 aromatic rings. The Morgan fingerprint density at radius 1 is 1.12 bits per heavy atom. The lowest BCUT2D eigenvalue weighted by molar-refractivity contribution is -0.115. The number of nitrogens with one attached hydrogen (secondary N) is 1. The lowest BCUT2D eigenvalue weighted by Crippen LogP contribution is -2.45. The number of hydrogen-bond acceptors (Lipinski definition) is 2. The Balaban J connectivity index is 0.00000196. The molecular weight excluding hydrogens is 308 g/mol. The highest BCUT2D eigenvalue weighted by atomic mass is 16.1. The zero-order valence-corrected chi connectivity index (χ0v) is 15.4. The number of carbonyl (C=O) groups excluding carboxylic acids is 1. The average molecular weight is 341 g/mol. The van der Waals surface area contributed by atoms with E-state index < -0.39 is 0 Å². The molecule has 3 aliphatic rings. The topological polar surface area (TPSA) is 32.3 Å². The quantitative estimate of drug-likeness (QED) is 0.821. The Morgan fingerprint density at radius 2 is 1.80 bits per heavy atom. The van der Waals surface area contributed by atoms with Crippen molar-refractivity contribution >= 4 is 11.5 Å². The largest absolute Gasteiger partial charge is 0.355 e. The van der Waals surface area contributed by atoms with Crippen LogP contribution in [0.2, 0.25) is 0 Å². The molecule has 0 atom stereocenters. The van der Waals surface area contributed by atoms with Gasteiger partial charge in [-0.25, -0.2) is 0 Å². The molecule has 1 spiro atoms. The van der Waals surface area contributed by atoms with Crippen molar-refractivity contribution in [3.63, 3.8) is 0 Å². The van der Waals surface area contributed by atoms with Crippen LogP contribution in [-0.2, 0) is 10.2 Å². The van der Waals surface area contributed by atoms with Gasteiger partial charge < -0.3 is 10.2 Å². The number of nitrogens with zero attached hydrogens (tertiary/aromatic N) is 1. The minimum Gasteiger partial charge on any atom is -0.355 e. The molecule has 0 unspecified atom stereocenters. The number of hydrogen-bond donors (Lipinski definition) is 1. The Kier molecular flexibility index (Phi) is 4.68. The maximum Gasteiger partial charge on any atom is 0.251 e. The predicted molar refractivity (Wildman–Crippen MR) is 105 cm³/mol. The standard InChI is InChI=1S/C22H30N2O.H2/c1-23-21(25)19-16-22(20-11-7-6-10-18(19)20)12-14-24(15-13-22)17-8-4-2-3-5-9-17;/h6-7,10-11,16-17H,2-5,8-9,12-15H2,1H3,(H,23,25);1H. The van der Waals surface area contributed by atoms with Crippen molar-refractivity contribution in [2.24, 2.45) is 0 Å². The van der Waals surface area contributed by atoms with Gasteiger partial charge in [0.25, 0.3) is 5.91 Å². The highest BCUT2D eigenvalue weighted by Crippen LogP contribution is 2.47. The Bertz CT molecular complexity index is 668. The van der Waals surface area contributed by atoms with Gasteiger partial charge in [-0.2, -0.15) is 0 Å². The van der Waals surface area contributed by atoms with Gasteiger partial charge in [-0.3, -0.25) is 4.79 Å². The summed E-state index contributed by atoms with van der Waals surface area (Å²) in [6, 6.07) is 9.32. The minimum atomic E-state index is 0. The number of benzene rings is 1. The van der Waals surface area contributed by atoms with Crippen LogP contribution in [0.5, 0.6) is 0 Å². The second-order valence-electron chi connectivity index (χ2n) is 8.02. The molecule has 1 amide bonds. The number of likely N-dealkylation sites (N-methyl/N-ethyl adjacent to an activating group) is 1. The summed E-state index contributed by atoms with van der Waals surface area (Å²) < 4.78 is 0. The van der Waals surface area contributed by atoms with Crippen LogP contribution in [-0.4, -0.2) is 37.0 Å². The minimum absolute atomic E-state index is 0. The van der Waals surface area contributed by atoms with Gasteiger partial charge in [0, 0.05) is 25.5 Å². The predicted octanol–water partition coefficient (Wildman–Crippen LogP) is 4.13. The molecule has 1 N–H and O–H groups in total. The molecule has 0 bridgehead atoms. The number of fused-ring (bicyclic) bond motifs is 2. The third-order valence-electron chi connectivity index (χ3n) is 6.68. The van der Waals surface area contributed by atoms with Crippen LogP contribution in [0.15, 0.2) is 30.3 Å². The summed E-state index contributed by atoms with van der Waals surface area (Å²) in [5.74, 6) is 0.0514. The Labute approximate surface area is 153 Å². The zero-order chi connectivity index (χ0) is 17.3. The van der Waals surface area contributed by atoms with Gasteiger partial charge in [-0.1, -0.05) is 56.0 Å². The van der Waals surface area contributed by atoms with Crippen LogP contribution >= 0.6 is 0 Å². The van der Waals surface area contributed by atoms with Gasteiger partial charge in [0.2, 0.25) is 0 Å². The summed E-state index contributed by atoms with van der Waals surface area (Å²) in [4.78, 5) is 15.1. The van der Waals surface area contributed by atoms with Crippen molar-refractivity contribution in [1.29, 1.82) is 0 Å². The van der Waals surface area contributed by atoms with Gasteiger partial charge in [0.15, 0.2) is 0 Å². The summed E-state index contributed by atoms with van der Waals surface area (Å²) in [7, 11) is 1.73. The van der Waals surface area contributed by atoms with Crippen molar-refractivity contribution in [2.45, 2.75) is 62.8 Å². The number of likely N-dealkylation sites (tertiary alicyclic amines) is 1. The van der Waals surface area contributed by atoms with E-state index in [9.17, 15) is 4.79 Å². The number of carbonyl (C=O) groups is 1. The summed E-state index contributed by atoms with van der Waals surface area (Å²) >= 11 is 0. The number of allylic oxidation sites excluding steroid dienone is 1. The maximum atomic E-state index is 12.4. The van der Waals surface area contributed by atoms with Gasteiger partial charge >= 0.3 is 0 Å². The van der Waals surface area contributed by atoms with Gasteiger partial charge in [-0.05, 0) is 49.9 Å². The van der Waals surface area contributed by atoms with Crippen molar-refractivity contribution in [3.05, 3.63) is 41.5 Å². The second kappa shape index (κ2) is 6.95. The number of amides is 1. The molecule has 3 heteroatoms.